The van der Waals surface area contributed by atoms with Crippen molar-refractivity contribution in [3.05, 3.63) is 23.5 Å². The van der Waals surface area contributed by atoms with Crippen LogP contribution in [0.1, 0.15) is 20.3 Å². The quantitative estimate of drug-likeness (QED) is 0.785. The lowest BCUT2D eigenvalue weighted by Crippen LogP contribution is -2.42. The van der Waals surface area contributed by atoms with Gasteiger partial charge in [-0.1, -0.05) is 25.4 Å². The molecule has 100 valence electrons. The molecule has 0 N–H and O–H groups in total. The van der Waals surface area contributed by atoms with Gasteiger partial charge < -0.3 is 0 Å². The standard InChI is InChI=1S/C12H17ClN2O2S/c1-9-5-10(2)8-15(7-9)18(16,17)11-3-4-14-12(13)6-11/h3-4,6,9-10H,5,7-8H2,1-2H3. The van der Waals surface area contributed by atoms with Gasteiger partial charge in [-0.2, -0.15) is 4.31 Å². The molecule has 0 bridgehead atoms. The van der Waals surface area contributed by atoms with Gasteiger partial charge in [0.05, 0.1) is 4.90 Å². The highest BCUT2D eigenvalue weighted by Crippen LogP contribution is 2.27. The Morgan fingerprint density at radius 3 is 2.50 bits per heavy atom. The van der Waals surface area contributed by atoms with E-state index in [1.54, 1.807) is 4.31 Å². The Bertz CT molecular complexity index is 523. The highest BCUT2D eigenvalue weighted by atomic mass is 35.5. The molecule has 0 radical (unpaired) electrons. The molecule has 0 amide bonds. The van der Waals surface area contributed by atoms with Crippen molar-refractivity contribution in [2.45, 2.75) is 25.2 Å². The van der Waals surface area contributed by atoms with E-state index in [9.17, 15) is 8.42 Å². The third-order valence-corrected chi connectivity index (χ3v) is 5.21. The Labute approximate surface area is 113 Å². The lowest BCUT2D eigenvalue weighted by atomic mass is 9.94. The van der Waals surface area contributed by atoms with Gasteiger partial charge in [-0.05, 0) is 30.4 Å². The molecule has 1 fully saturated rings. The molecule has 2 heterocycles. The highest BCUT2D eigenvalue weighted by molar-refractivity contribution is 7.89. The van der Waals surface area contributed by atoms with Gasteiger partial charge >= 0.3 is 0 Å². The van der Waals surface area contributed by atoms with Crippen molar-refractivity contribution in [1.82, 2.24) is 9.29 Å². The molecule has 6 heteroatoms. The highest BCUT2D eigenvalue weighted by Gasteiger charge is 2.31. The minimum Gasteiger partial charge on any atom is -0.244 e. The number of hydrogen-bond acceptors (Lipinski definition) is 3. The van der Waals surface area contributed by atoms with Crippen LogP contribution >= 0.6 is 11.6 Å². The molecule has 1 aliphatic heterocycles. The number of sulfonamides is 1. The largest absolute Gasteiger partial charge is 0.244 e. The monoisotopic (exact) mass is 288 g/mol. The second kappa shape index (κ2) is 5.15. The Morgan fingerprint density at radius 2 is 1.94 bits per heavy atom. The lowest BCUT2D eigenvalue weighted by Gasteiger charge is -2.34. The van der Waals surface area contributed by atoms with Crippen molar-refractivity contribution >= 4 is 21.6 Å². The Morgan fingerprint density at radius 1 is 1.33 bits per heavy atom. The molecule has 4 nitrogen and oxygen atoms in total. The van der Waals surface area contributed by atoms with Crippen molar-refractivity contribution in [3.8, 4) is 0 Å². The van der Waals surface area contributed by atoms with Crippen LogP contribution in [0.15, 0.2) is 23.2 Å². The fourth-order valence-electron chi connectivity index (χ4n) is 2.50. The third kappa shape index (κ3) is 2.84. The van der Waals surface area contributed by atoms with Gasteiger partial charge in [-0.15, -0.1) is 0 Å². The van der Waals surface area contributed by atoms with Gasteiger partial charge in [-0.3, -0.25) is 0 Å². The van der Waals surface area contributed by atoms with Gasteiger partial charge in [0, 0.05) is 19.3 Å². The SMILES string of the molecule is CC1CC(C)CN(S(=O)(=O)c2ccnc(Cl)c2)C1. The second-order valence-corrected chi connectivity index (χ2v) is 7.41. The second-order valence-electron chi connectivity index (χ2n) is 5.08. The molecular weight excluding hydrogens is 272 g/mol. The van der Waals surface area contributed by atoms with Crippen molar-refractivity contribution < 1.29 is 8.42 Å². The summed E-state index contributed by atoms with van der Waals surface area (Å²) < 4.78 is 26.5. The summed E-state index contributed by atoms with van der Waals surface area (Å²) in [6, 6.07) is 2.89. The van der Waals surface area contributed by atoms with Crippen molar-refractivity contribution in [1.29, 1.82) is 0 Å². The number of aromatic nitrogens is 1. The van der Waals surface area contributed by atoms with Crippen LogP contribution in [-0.4, -0.2) is 30.8 Å². The Kier molecular flexibility index (Phi) is 3.94. The molecular formula is C12H17ClN2O2S. The number of halogens is 1. The third-order valence-electron chi connectivity index (χ3n) is 3.17. The maximum Gasteiger partial charge on any atom is 0.243 e. The van der Waals surface area contributed by atoms with E-state index >= 15 is 0 Å². The summed E-state index contributed by atoms with van der Waals surface area (Å²) in [4.78, 5) is 4.04. The van der Waals surface area contributed by atoms with Crippen LogP contribution < -0.4 is 0 Å². The average molecular weight is 289 g/mol. The molecule has 0 spiro atoms. The summed E-state index contributed by atoms with van der Waals surface area (Å²) >= 11 is 5.75. The van der Waals surface area contributed by atoms with Crippen molar-refractivity contribution in [2.24, 2.45) is 11.8 Å². The van der Waals surface area contributed by atoms with Gasteiger partial charge in [0.15, 0.2) is 0 Å². The normalized spacial score (nSPS) is 26.2. The first-order chi connectivity index (χ1) is 8.39. The van der Waals surface area contributed by atoms with E-state index in [1.807, 2.05) is 0 Å². The first kappa shape index (κ1) is 13.8. The number of pyridine rings is 1. The summed E-state index contributed by atoms with van der Waals surface area (Å²) in [5.74, 6) is 0.779. The number of rotatable bonds is 2. The van der Waals surface area contributed by atoms with Crippen LogP contribution in [0, 0.1) is 11.8 Å². The molecule has 2 atom stereocenters. The van der Waals surface area contributed by atoms with Gasteiger partial charge in [-0.25, -0.2) is 13.4 Å². The Hall–Kier alpha value is -0.650. The number of nitrogens with zero attached hydrogens (tertiary/aromatic N) is 2. The molecule has 1 aromatic heterocycles. The summed E-state index contributed by atoms with van der Waals surface area (Å²) in [6.07, 6.45) is 2.50. The predicted octanol–water partition coefficient (Wildman–Crippen LogP) is 2.40. The topological polar surface area (TPSA) is 50.3 Å². The summed E-state index contributed by atoms with van der Waals surface area (Å²) in [5, 5.41) is 0.203. The van der Waals surface area contributed by atoms with Crippen LogP contribution in [0.25, 0.3) is 0 Å². The number of piperidine rings is 1. The molecule has 1 saturated heterocycles. The smallest absolute Gasteiger partial charge is 0.243 e. The van der Waals surface area contributed by atoms with Crippen molar-refractivity contribution in [3.63, 3.8) is 0 Å². The van der Waals surface area contributed by atoms with Crippen LogP contribution in [0.2, 0.25) is 5.15 Å². The summed E-state index contributed by atoms with van der Waals surface area (Å²) in [7, 11) is -3.44. The minimum absolute atomic E-state index is 0.203. The van der Waals surface area contributed by atoms with Gasteiger partial charge in [0.25, 0.3) is 0 Å². The molecule has 18 heavy (non-hydrogen) atoms. The van der Waals surface area contributed by atoms with E-state index in [2.05, 4.69) is 18.8 Å². The lowest BCUT2D eigenvalue weighted by molar-refractivity contribution is 0.222. The Balaban J connectivity index is 2.31. The average Bonchev–Trinajstić information content (AvgIpc) is 2.27. The fraction of sp³-hybridized carbons (Fsp3) is 0.583. The molecule has 1 aliphatic rings. The predicted molar refractivity (Wildman–Crippen MR) is 71.0 cm³/mol. The first-order valence-electron chi connectivity index (χ1n) is 6.01. The van der Waals surface area contributed by atoms with Crippen LogP contribution in [-0.2, 0) is 10.0 Å². The van der Waals surface area contributed by atoms with Gasteiger partial charge in [0.1, 0.15) is 5.15 Å². The maximum atomic E-state index is 12.5. The zero-order valence-corrected chi connectivity index (χ0v) is 12.1. The maximum absolute atomic E-state index is 12.5. The molecule has 0 aromatic carbocycles. The first-order valence-corrected chi connectivity index (χ1v) is 7.83. The molecule has 1 aromatic rings. The number of hydrogen-bond donors (Lipinski definition) is 0. The fourth-order valence-corrected chi connectivity index (χ4v) is 4.43. The van der Waals surface area contributed by atoms with E-state index < -0.39 is 10.0 Å². The summed E-state index contributed by atoms with van der Waals surface area (Å²) in [5.41, 5.74) is 0. The van der Waals surface area contributed by atoms with Gasteiger partial charge in [0.2, 0.25) is 10.0 Å². The summed E-state index contributed by atoms with van der Waals surface area (Å²) in [6.45, 7) is 5.31. The van der Waals surface area contributed by atoms with Crippen LogP contribution in [0.3, 0.4) is 0 Å². The molecule has 2 rings (SSSR count). The van der Waals surface area contributed by atoms with E-state index in [4.69, 9.17) is 11.6 Å². The van der Waals surface area contributed by atoms with E-state index in [1.165, 1.54) is 18.3 Å². The van der Waals surface area contributed by atoms with E-state index in [0.29, 0.717) is 24.9 Å². The van der Waals surface area contributed by atoms with E-state index in [0.717, 1.165) is 6.42 Å². The molecule has 2 unspecified atom stereocenters. The molecule has 0 saturated carbocycles. The zero-order chi connectivity index (χ0) is 13.3. The van der Waals surface area contributed by atoms with E-state index in [-0.39, 0.29) is 10.0 Å². The van der Waals surface area contributed by atoms with Crippen molar-refractivity contribution in [2.75, 3.05) is 13.1 Å². The van der Waals surface area contributed by atoms with Crippen LogP contribution in [0.5, 0.6) is 0 Å². The minimum atomic E-state index is -3.44. The molecule has 0 aliphatic carbocycles. The van der Waals surface area contributed by atoms with Crippen LogP contribution in [0.4, 0.5) is 0 Å². The zero-order valence-electron chi connectivity index (χ0n) is 10.5.